The van der Waals surface area contributed by atoms with Crippen LogP contribution in [0, 0.1) is 5.92 Å². The normalized spacial score (nSPS) is 23.3. The molecule has 1 aliphatic heterocycles. The van der Waals surface area contributed by atoms with E-state index in [9.17, 15) is 0 Å². The Morgan fingerprint density at radius 3 is 2.93 bits per heavy atom. The molecule has 1 aromatic heterocycles. The Morgan fingerprint density at radius 1 is 1.53 bits per heavy atom. The monoisotopic (exact) mass is 205 g/mol. The maximum atomic E-state index is 4.21. The zero-order chi connectivity index (χ0) is 10.7. The van der Waals surface area contributed by atoms with Crippen molar-refractivity contribution in [2.75, 3.05) is 27.2 Å². The van der Waals surface area contributed by atoms with Crippen LogP contribution in [0.4, 0.5) is 0 Å². The minimum Gasteiger partial charge on any atom is -0.316 e. The molecule has 15 heavy (non-hydrogen) atoms. The minimum absolute atomic E-state index is 0.494. The van der Waals surface area contributed by atoms with Crippen LogP contribution in [-0.2, 0) is 0 Å². The van der Waals surface area contributed by atoms with E-state index in [1.165, 1.54) is 12.0 Å². The van der Waals surface area contributed by atoms with E-state index in [1.807, 2.05) is 18.5 Å². The topological polar surface area (TPSA) is 28.2 Å². The van der Waals surface area contributed by atoms with Crippen molar-refractivity contribution in [3.8, 4) is 0 Å². The molecule has 2 rings (SSSR count). The van der Waals surface area contributed by atoms with Crippen LogP contribution in [0.3, 0.4) is 0 Å². The fourth-order valence-corrected chi connectivity index (χ4v) is 2.49. The Morgan fingerprint density at radius 2 is 2.40 bits per heavy atom. The molecule has 82 valence electrons. The molecule has 3 nitrogen and oxygen atoms in total. The van der Waals surface area contributed by atoms with Crippen LogP contribution >= 0.6 is 0 Å². The zero-order valence-electron chi connectivity index (χ0n) is 9.48. The maximum absolute atomic E-state index is 4.21. The highest BCUT2D eigenvalue weighted by molar-refractivity contribution is 5.15. The fraction of sp³-hybridized carbons (Fsp3) is 0.583. The van der Waals surface area contributed by atoms with Gasteiger partial charge in [0.2, 0.25) is 0 Å². The van der Waals surface area contributed by atoms with Crippen molar-refractivity contribution in [3.05, 3.63) is 30.1 Å². The molecule has 2 heterocycles. The van der Waals surface area contributed by atoms with Crippen LogP contribution in [0.25, 0.3) is 0 Å². The van der Waals surface area contributed by atoms with Gasteiger partial charge in [-0.05, 0) is 51.2 Å². The highest BCUT2D eigenvalue weighted by Gasteiger charge is 2.27. The zero-order valence-corrected chi connectivity index (χ0v) is 9.48. The van der Waals surface area contributed by atoms with Gasteiger partial charge in [-0.25, -0.2) is 0 Å². The van der Waals surface area contributed by atoms with Gasteiger partial charge in [0.1, 0.15) is 0 Å². The number of pyridine rings is 1. The van der Waals surface area contributed by atoms with Gasteiger partial charge in [-0.3, -0.25) is 4.98 Å². The van der Waals surface area contributed by atoms with E-state index in [2.05, 4.69) is 35.4 Å². The number of hydrogen-bond donors (Lipinski definition) is 1. The maximum Gasteiger partial charge on any atom is 0.0398 e. The first kappa shape index (κ1) is 10.6. The molecule has 1 aromatic rings. The number of aromatic nitrogens is 1. The van der Waals surface area contributed by atoms with E-state index in [0.717, 1.165) is 13.1 Å². The summed E-state index contributed by atoms with van der Waals surface area (Å²) in [4.78, 5) is 6.51. The van der Waals surface area contributed by atoms with Gasteiger partial charge < -0.3 is 10.2 Å². The first-order valence-corrected chi connectivity index (χ1v) is 5.56. The molecule has 1 fully saturated rings. The molecule has 0 aliphatic carbocycles. The second kappa shape index (κ2) is 4.73. The molecular weight excluding hydrogens is 186 g/mol. The molecule has 0 aromatic carbocycles. The summed E-state index contributed by atoms with van der Waals surface area (Å²) in [5, 5.41) is 3.43. The van der Waals surface area contributed by atoms with Gasteiger partial charge in [-0.1, -0.05) is 6.07 Å². The van der Waals surface area contributed by atoms with E-state index < -0.39 is 0 Å². The molecule has 1 N–H and O–H groups in total. The Bertz CT molecular complexity index is 291. The van der Waals surface area contributed by atoms with Gasteiger partial charge in [0.05, 0.1) is 0 Å². The Balaban J connectivity index is 2.19. The summed E-state index contributed by atoms with van der Waals surface area (Å²) in [5.74, 6) is 0.712. The third-order valence-electron chi connectivity index (χ3n) is 3.13. The minimum atomic E-state index is 0.494. The van der Waals surface area contributed by atoms with Gasteiger partial charge in [-0.2, -0.15) is 0 Å². The van der Waals surface area contributed by atoms with E-state index in [4.69, 9.17) is 0 Å². The molecule has 1 saturated heterocycles. The molecule has 3 heteroatoms. The predicted molar refractivity (Wildman–Crippen MR) is 61.6 cm³/mol. The fourth-order valence-electron chi connectivity index (χ4n) is 2.49. The van der Waals surface area contributed by atoms with Crippen molar-refractivity contribution < 1.29 is 0 Å². The molecule has 0 bridgehead atoms. The smallest absolute Gasteiger partial charge is 0.0398 e. The average Bonchev–Trinajstić information content (AvgIpc) is 2.72. The molecule has 2 unspecified atom stereocenters. The lowest BCUT2D eigenvalue weighted by Crippen LogP contribution is -2.28. The molecule has 0 amide bonds. The van der Waals surface area contributed by atoms with Gasteiger partial charge >= 0.3 is 0 Å². The van der Waals surface area contributed by atoms with E-state index in [-0.39, 0.29) is 0 Å². The van der Waals surface area contributed by atoms with Gasteiger partial charge in [0.25, 0.3) is 0 Å². The molecule has 0 radical (unpaired) electrons. The quantitative estimate of drug-likeness (QED) is 0.806. The van der Waals surface area contributed by atoms with Gasteiger partial charge in [-0.15, -0.1) is 0 Å². The molecule has 1 aliphatic rings. The lowest BCUT2D eigenvalue weighted by atomic mass is 9.92. The SMILES string of the molecule is CN(C)C(c1cccnc1)C1CCNC1. The van der Waals surface area contributed by atoms with E-state index >= 15 is 0 Å². The predicted octanol–water partition coefficient (Wildman–Crippen LogP) is 1.29. The molecule has 0 saturated carbocycles. The largest absolute Gasteiger partial charge is 0.316 e. The summed E-state index contributed by atoms with van der Waals surface area (Å²) in [6.45, 7) is 2.27. The number of rotatable bonds is 3. The summed E-state index contributed by atoms with van der Waals surface area (Å²) >= 11 is 0. The van der Waals surface area contributed by atoms with Crippen LogP contribution in [0.2, 0.25) is 0 Å². The summed E-state index contributed by atoms with van der Waals surface area (Å²) in [5.41, 5.74) is 1.33. The van der Waals surface area contributed by atoms with Crippen LogP contribution in [0.5, 0.6) is 0 Å². The van der Waals surface area contributed by atoms with E-state index in [0.29, 0.717) is 12.0 Å². The number of nitrogens with one attached hydrogen (secondary N) is 1. The van der Waals surface area contributed by atoms with Crippen LogP contribution < -0.4 is 5.32 Å². The molecule has 0 spiro atoms. The molecule has 2 atom stereocenters. The highest BCUT2D eigenvalue weighted by Crippen LogP contribution is 2.29. The van der Waals surface area contributed by atoms with Crippen molar-refractivity contribution in [1.29, 1.82) is 0 Å². The number of hydrogen-bond acceptors (Lipinski definition) is 3. The highest BCUT2D eigenvalue weighted by atomic mass is 15.1. The van der Waals surface area contributed by atoms with Crippen molar-refractivity contribution in [3.63, 3.8) is 0 Å². The summed E-state index contributed by atoms with van der Waals surface area (Å²) < 4.78 is 0. The first-order valence-electron chi connectivity index (χ1n) is 5.56. The third-order valence-corrected chi connectivity index (χ3v) is 3.13. The van der Waals surface area contributed by atoms with Crippen LogP contribution in [0.1, 0.15) is 18.0 Å². The second-order valence-electron chi connectivity index (χ2n) is 4.45. The lowest BCUT2D eigenvalue weighted by Gasteiger charge is -2.29. The van der Waals surface area contributed by atoms with Crippen molar-refractivity contribution >= 4 is 0 Å². The molecular formula is C12H19N3. The number of nitrogens with zero attached hydrogens (tertiary/aromatic N) is 2. The van der Waals surface area contributed by atoms with Crippen LogP contribution in [0.15, 0.2) is 24.5 Å². The van der Waals surface area contributed by atoms with Crippen molar-refractivity contribution in [2.45, 2.75) is 12.5 Å². The standard InChI is InChI=1S/C12H19N3/c1-15(2)12(11-5-7-14-9-11)10-4-3-6-13-8-10/h3-4,6,8,11-12,14H,5,7,9H2,1-2H3. The van der Waals surface area contributed by atoms with Crippen LogP contribution in [-0.4, -0.2) is 37.1 Å². The lowest BCUT2D eigenvalue weighted by molar-refractivity contribution is 0.222. The van der Waals surface area contributed by atoms with E-state index in [1.54, 1.807) is 0 Å². The second-order valence-corrected chi connectivity index (χ2v) is 4.45. The van der Waals surface area contributed by atoms with Crippen molar-refractivity contribution in [2.24, 2.45) is 5.92 Å². The summed E-state index contributed by atoms with van der Waals surface area (Å²) in [6.07, 6.45) is 5.09. The summed E-state index contributed by atoms with van der Waals surface area (Å²) in [6, 6.07) is 4.69. The van der Waals surface area contributed by atoms with Gasteiger partial charge in [0.15, 0.2) is 0 Å². The average molecular weight is 205 g/mol. The van der Waals surface area contributed by atoms with Crippen molar-refractivity contribution in [1.82, 2.24) is 15.2 Å². The summed E-state index contributed by atoms with van der Waals surface area (Å²) in [7, 11) is 4.30. The first-order chi connectivity index (χ1) is 7.29. The Hall–Kier alpha value is -0.930. The Labute approximate surface area is 91.5 Å². The third kappa shape index (κ3) is 2.36. The Kier molecular flexibility index (Phi) is 3.34. The van der Waals surface area contributed by atoms with Gasteiger partial charge in [0, 0.05) is 18.4 Å².